The summed E-state index contributed by atoms with van der Waals surface area (Å²) in [4.78, 5) is 15.0. The zero-order valence-corrected chi connectivity index (χ0v) is 18.5. The minimum Gasteiger partial charge on any atom is -0.495 e. The van der Waals surface area contributed by atoms with Crippen molar-refractivity contribution in [2.45, 2.75) is 30.7 Å². The molecule has 0 spiro atoms. The Morgan fingerprint density at radius 1 is 1.07 bits per heavy atom. The van der Waals surface area contributed by atoms with Crippen molar-refractivity contribution in [3.63, 3.8) is 0 Å². The van der Waals surface area contributed by atoms with Crippen molar-refractivity contribution >= 4 is 27.5 Å². The van der Waals surface area contributed by atoms with Gasteiger partial charge in [0.1, 0.15) is 10.6 Å². The molecule has 2 aliphatic heterocycles. The van der Waals surface area contributed by atoms with Crippen molar-refractivity contribution in [1.29, 1.82) is 0 Å². The summed E-state index contributed by atoms with van der Waals surface area (Å²) in [5, 5.41) is 0.338. The third-order valence-electron chi connectivity index (χ3n) is 5.99. The average Bonchev–Trinajstić information content (AvgIpc) is 2.78. The van der Waals surface area contributed by atoms with Gasteiger partial charge < -0.3 is 9.64 Å². The van der Waals surface area contributed by atoms with Crippen LogP contribution in [0.3, 0.4) is 0 Å². The van der Waals surface area contributed by atoms with Gasteiger partial charge in [0.15, 0.2) is 0 Å². The van der Waals surface area contributed by atoms with E-state index in [2.05, 4.69) is 12.1 Å². The van der Waals surface area contributed by atoms with Crippen LogP contribution in [-0.2, 0) is 27.8 Å². The monoisotopic (exact) mass is 448 g/mol. The standard InChI is InChI=1S/C22H25ClN2O4S/c1-29-20-7-6-19(23)14-21(20)30(27,28)25-12-9-17(10-13-25)22(26)24-11-8-16-4-2-3-5-18(16)15-24/h2-7,14,17H,8-13,15H2,1H3. The number of benzene rings is 2. The predicted molar refractivity (Wildman–Crippen MR) is 115 cm³/mol. The highest BCUT2D eigenvalue weighted by Crippen LogP contribution is 2.32. The van der Waals surface area contributed by atoms with Crippen LogP contribution >= 0.6 is 11.6 Å². The van der Waals surface area contributed by atoms with Gasteiger partial charge >= 0.3 is 0 Å². The van der Waals surface area contributed by atoms with E-state index in [-0.39, 0.29) is 22.5 Å². The van der Waals surface area contributed by atoms with Crippen LogP contribution in [0.1, 0.15) is 24.0 Å². The Hall–Kier alpha value is -2.09. The Kier molecular flexibility index (Phi) is 6.04. The Labute approximate surface area is 182 Å². The summed E-state index contributed by atoms with van der Waals surface area (Å²) in [5.41, 5.74) is 2.50. The zero-order chi connectivity index (χ0) is 21.3. The van der Waals surface area contributed by atoms with Crippen LogP contribution in [0.25, 0.3) is 0 Å². The average molecular weight is 449 g/mol. The first-order chi connectivity index (χ1) is 14.4. The zero-order valence-electron chi connectivity index (χ0n) is 16.9. The second kappa shape index (κ2) is 8.57. The molecule has 2 aromatic rings. The molecule has 2 aliphatic rings. The number of fused-ring (bicyclic) bond motifs is 1. The van der Waals surface area contributed by atoms with E-state index in [1.807, 2.05) is 17.0 Å². The first-order valence-corrected chi connectivity index (χ1v) is 11.9. The number of amides is 1. The number of carbonyl (C=O) groups is 1. The molecule has 0 N–H and O–H groups in total. The van der Waals surface area contributed by atoms with Crippen molar-refractivity contribution in [1.82, 2.24) is 9.21 Å². The van der Waals surface area contributed by atoms with Crippen molar-refractivity contribution in [2.24, 2.45) is 5.92 Å². The Morgan fingerprint density at radius 3 is 2.47 bits per heavy atom. The smallest absolute Gasteiger partial charge is 0.246 e. The molecule has 1 fully saturated rings. The van der Waals surface area contributed by atoms with Crippen molar-refractivity contribution in [3.8, 4) is 5.75 Å². The summed E-state index contributed by atoms with van der Waals surface area (Å²) < 4.78 is 32.9. The minimum atomic E-state index is -3.74. The molecule has 0 atom stereocenters. The summed E-state index contributed by atoms with van der Waals surface area (Å²) >= 11 is 6.02. The van der Waals surface area contributed by atoms with E-state index in [1.54, 1.807) is 12.1 Å². The number of carbonyl (C=O) groups excluding carboxylic acids is 1. The molecule has 4 rings (SSSR count). The van der Waals surface area contributed by atoms with E-state index in [1.165, 1.54) is 28.6 Å². The van der Waals surface area contributed by atoms with Crippen molar-refractivity contribution < 1.29 is 17.9 Å². The van der Waals surface area contributed by atoms with Crippen LogP contribution in [0.2, 0.25) is 5.02 Å². The number of nitrogens with zero attached hydrogens (tertiary/aromatic N) is 2. The van der Waals surface area contributed by atoms with Gasteiger partial charge in [0.05, 0.1) is 7.11 Å². The highest BCUT2D eigenvalue weighted by Gasteiger charge is 2.35. The topological polar surface area (TPSA) is 66.9 Å². The molecule has 30 heavy (non-hydrogen) atoms. The molecule has 0 aliphatic carbocycles. The third-order valence-corrected chi connectivity index (χ3v) is 8.14. The summed E-state index contributed by atoms with van der Waals surface area (Å²) in [6, 6.07) is 12.8. The van der Waals surface area contributed by atoms with Crippen molar-refractivity contribution in [3.05, 3.63) is 58.6 Å². The summed E-state index contributed by atoms with van der Waals surface area (Å²) in [6.07, 6.45) is 1.89. The maximum atomic E-state index is 13.1. The summed E-state index contributed by atoms with van der Waals surface area (Å²) in [7, 11) is -2.31. The highest BCUT2D eigenvalue weighted by molar-refractivity contribution is 7.89. The molecular formula is C22H25ClN2O4S. The Balaban J connectivity index is 1.43. The van der Waals surface area contributed by atoms with Crippen LogP contribution in [0.4, 0.5) is 0 Å². The molecule has 1 saturated heterocycles. The molecule has 0 saturated carbocycles. The molecule has 0 unspecified atom stereocenters. The lowest BCUT2D eigenvalue weighted by atomic mass is 9.94. The molecule has 2 aromatic carbocycles. The predicted octanol–water partition coefficient (Wildman–Crippen LogP) is 3.33. The number of halogens is 1. The van der Waals surface area contributed by atoms with E-state index < -0.39 is 10.0 Å². The number of hydrogen-bond donors (Lipinski definition) is 0. The van der Waals surface area contributed by atoms with Crippen molar-refractivity contribution in [2.75, 3.05) is 26.7 Å². The second-order valence-corrected chi connectivity index (χ2v) is 10.1. The molecule has 160 valence electrons. The van der Waals surface area contributed by atoms with Crippen LogP contribution in [0, 0.1) is 5.92 Å². The number of methoxy groups -OCH3 is 1. The number of ether oxygens (including phenoxy) is 1. The van der Waals surface area contributed by atoms with Gasteiger partial charge in [0.2, 0.25) is 15.9 Å². The van der Waals surface area contributed by atoms with E-state index in [0.29, 0.717) is 44.0 Å². The molecule has 0 bridgehead atoms. The van der Waals surface area contributed by atoms with E-state index >= 15 is 0 Å². The van der Waals surface area contributed by atoms with Crippen LogP contribution < -0.4 is 4.74 Å². The molecule has 1 amide bonds. The normalized spacial score (nSPS) is 18.1. The molecular weight excluding hydrogens is 424 g/mol. The highest BCUT2D eigenvalue weighted by atomic mass is 35.5. The molecule has 6 nitrogen and oxygen atoms in total. The van der Waals surface area contributed by atoms with Gasteiger partial charge in [-0.15, -0.1) is 0 Å². The van der Waals surface area contributed by atoms with Gasteiger partial charge in [-0.25, -0.2) is 8.42 Å². The van der Waals surface area contributed by atoms with E-state index in [9.17, 15) is 13.2 Å². The first kappa shape index (κ1) is 21.2. The van der Waals surface area contributed by atoms with Gasteiger partial charge in [0.25, 0.3) is 0 Å². The van der Waals surface area contributed by atoms with Crippen LogP contribution in [0.15, 0.2) is 47.4 Å². The van der Waals surface area contributed by atoms with Gasteiger partial charge in [-0.1, -0.05) is 35.9 Å². The number of piperidine rings is 1. The van der Waals surface area contributed by atoms with Gasteiger partial charge in [0, 0.05) is 37.1 Å². The van der Waals surface area contributed by atoms with E-state index in [0.717, 1.165) is 6.42 Å². The first-order valence-electron chi connectivity index (χ1n) is 10.1. The largest absolute Gasteiger partial charge is 0.495 e. The summed E-state index contributed by atoms with van der Waals surface area (Å²) in [5.74, 6) is 0.245. The fraction of sp³-hybridized carbons (Fsp3) is 0.409. The third kappa shape index (κ3) is 4.06. The molecule has 2 heterocycles. The van der Waals surface area contributed by atoms with Gasteiger partial charge in [-0.05, 0) is 48.6 Å². The Morgan fingerprint density at radius 2 is 1.77 bits per heavy atom. The number of rotatable bonds is 4. The fourth-order valence-electron chi connectivity index (χ4n) is 4.28. The lowest BCUT2D eigenvalue weighted by Crippen LogP contribution is -2.45. The minimum absolute atomic E-state index is 0.0647. The quantitative estimate of drug-likeness (QED) is 0.719. The summed E-state index contributed by atoms with van der Waals surface area (Å²) in [6.45, 7) is 1.96. The fourth-order valence-corrected chi connectivity index (χ4v) is 6.16. The van der Waals surface area contributed by atoms with Crippen LogP contribution in [-0.4, -0.2) is 50.3 Å². The lowest BCUT2D eigenvalue weighted by molar-refractivity contribution is -0.137. The molecule has 0 radical (unpaired) electrons. The molecule has 8 heteroatoms. The number of sulfonamides is 1. The number of hydrogen-bond acceptors (Lipinski definition) is 4. The van der Waals surface area contributed by atoms with Gasteiger partial charge in [-0.3, -0.25) is 4.79 Å². The lowest BCUT2D eigenvalue weighted by Gasteiger charge is -2.35. The SMILES string of the molecule is COc1ccc(Cl)cc1S(=O)(=O)N1CCC(C(=O)N2CCc3ccccc3C2)CC1. The molecule has 0 aromatic heterocycles. The second-order valence-electron chi connectivity index (χ2n) is 7.75. The Bertz CT molecular complexity index is 1050. The maximum absolute atomic E-state index is 13.1. The van der Waals surface area contributed by atoms with Gasteiger partial charge in [-0.2, -0.15) is 4.31 Å². The van der Waals surface area contributed by atoms with Crippen LogP contribution in [0.5, 0.6) is 5.75 Å². The van der Waals surface area contributed by atoms with E-state index in [4.69, 9.17) is 16.3 Å². The maximum Gasteiger partial charge on any atom is 0.246 e.